The number of hydrogen-bond donors (Lipinski definition) is 5. The van der Waals surface area contributed by atoms with Crippen molar-refractivity contribution in [1.82, 2.24) is 15.1 Å². The van der Waals surface area contributed by atoms with Crippen LogP contribution in [0, 0.1) is 11.6 Å². The van der Waals surface area contributed by atoms with Crippen LogP contribution in [0.3, 0.4) is 0 Å². The molecule has 0 radical (unpaired) electrons. The van der Waals surface area contributed by atoms with Crippen LogP contribution in [-0.4, -0.2) is 113 Å². The van der Waals surface area contributed by atoms with Gasteiger partial charge < -0.3 is 44.9 Å². The van der Waals surface area contributed by atoms with Gasteiger partial charge in [0.05, 0.1) is 23.9 Å². The summed E-state index contributed by atoms with van der Waals surface area (Å²) in [6, 6.07) is 14.8. The monoisotopic (exact) mass is 852 g/mol. The summed E-state index contributed by atoms with van der Waals surface area (Å²) in [6.07, 6.45) is 2.73. The van der Waals surface area contributed by atoms with Crippen molar-refractivity contribution in [2.45, 2.75) is 84.8 Å². The number of benzene rings is 3. The van der Waals surface area contributed by atoms with Crippen LogP contribution in [0.25, 0.3) is 10.9 Å². The van der Waals surface area contributed by atoms with Gasteiger partial charge in [-0.05, 0) is 93.6 Å². The minimum Gasteiger partial charge on any atom is -0.481 e. The van der Waals surface area contributed by atoms with Crippen LogP contribution in [0.5, 0.6) is 0 Å². The number of nitrogens with one attached hydrogen (secondary N) is 3. The number of aliphatic carboxylic acids is 1. The molecule has 2 fully saturated rings. The van der Waals surface area contributed by atoms with E-state index in [1.54, 1.807) is 31.7 Å². The number of rotatable bonds is 13. The second kappa shape index (κ2) is 23.7. The summed E-state index contributed by atoms with van der Waals surface area (Å²) < 4.78 is 38.5. The van der Waals surface area contributed by atoms with Crippen molar-refractivity contribution < 1.29 is 52.4 Å². The Labute approximate surface area is 354 Å². The number of carboxylic acids is 1. The second-order valence-electron chi connectivity index (χ2n) is 15.2. The molecule has 17 heteroatoms. The van der Waals surface area contributed by atoms with Crippen molar-refractivity contribution in [2.75, 3.05) is 62.0 Å². The highest BCUT2D eigenvalue weighted by Gasteiger charge is 2.25. The first-order valence-corrected chi connectivity index (χ1v) is 19.7. The number of anilines is 3. The summed E-state index contributed by atoms with van der Waals surface area (Å²) in [5, 5.41) is 29.4. The first-order valence-electron chi connectivity index (χ1n) is 19.7. The van der Waals surface area contributed by atoms with Gasteiger partial charge in [0.15, 0.2) is 5.82 Å². The molecule has 3 aromatic carbocycles. The number of aldehydes is 1. The van der Waals surface area contributed by atoms with Crippen LogP contribution < -0.4 is 15.5 Å². The number of aliphatic hydroxyl groups excluding tert-OH is 1. The summed E-state index contributed by atoms with van der Waals surface area (Å²) in [7, 11) is 1.00. The van der Waals surface area contributed by atoms with Gasteiger partial charge in [0.25, 0.3) is 5.91 Å². The van der Waals surface area contributed by atoms with Gasteiger partial charge in [0.1, 0.15) is 23.5 Å². The Kier molecular flexibility index (Phi) is 19.2. The van der Waals surface area contributed by atoms with E-state index in [4.69, 9.17) is 19.7 Å². The molecule has 6 rings (SSSR count). The fourth-order valence-corrected chi connectivity index (χ4v) is 6.65. The average Bonchev–Trinajstić information content (AvgIpc) is 3.61. The van der Waals surface area contributed by atoms with E-state index in [1.165, 1.54) is 12.1 Å². The lowest BCUT2D eigenvalue weighted by atomic mass is 10.0. The predicted molar refractivity (Wildman–Crippen MR) is 229 cm³/mol. The van der Waals surface area contributed by atoms with Gasteiger partial charge in [-0.1, -0.05) is 13.5 Å². The molecule has 0 bridgehead atoms. The number of carbonyl (C=O) groups is 5. The van der Waals surface area contributed by atoms with Crippen LogP contribution in [0.2, 0.25) is 0 Å². The number of amides is 2. The van der Waals surface area contributed by atoms with Crippen LogP contribution in [0.4, 0.5) is 26.0 Å². The normalized spacial score (nSPS) is 14.0. The number of hydrogen-bond acceptors (Lipinski definition) is 11. The van der Waals surface area contributed by atoms with E-state index in [1.807, 2.05) is 30.3 Å². The van der Waals surface area contributed by atoms with E-state index in [0.29, 0.717) is 85.6 Å². The molecule has 15 nitrogen and oxygen atoms in total. The zero-order valence-corrected chi connectivity index (χ0v) is 34.4. The van der Waals surface area contributed by atoms with Gasteiger partial charge in [-0.15, -0.1) is 0 Å². The minimum atomic E-state index is -0.924. The van der Waals surface area contributed by atoms with Crippen molar-refractivity contribution in [1.29, 1.82) is 0 Å². The largest absolute Gasteiger partial charge is 0.481 e. The van der Waals surface area contributed by atoms with Crippen molar-refractivity contribution in [3.63, 3.8) is 0 Å². The highest BCUT2D eigenvalue weighted by Crippen LogP contribution is 2.30. The Balaban J connectivity index is 0.000000902. The molecule has 332 valence electrons. The second-order valence-corrected chi connectivity index (χ2v) is 15.2. The van der Waals surface area contributed by atoms with Crippen LogP contribution >= 0.6 is 0 Å². The third-order valence-electron chi connectivity index (χ3n) is 9.46. The van der Waals surface area contributed by atoms with Crippen molar-refractivity contribution in [2.24, 2.45) is 0 Å². The Morgan fingerprint density at radius 3 is 2.20 bits per heavy atom. The van der Waals surface area contributed by atoms with Crippen LogP contribution in [0.1, 0.15) is 88.2 Å². The standard InChI is InChI=1S/C38H44F2N6O5.C4H6O3.CH4O.CH4/c1-38(2,3)51-35(48)9-8-34(47)46-14-12-45(13-15-46)29-5-6-30(33(23-29)41-28-10-16-50-17-11-28)37(49)42-36-31-21-24(4-7-32(31)43-44-36)18-25-19-26(39)22-27(40)20-25;5-3-1-2-4(6)7;1-2;/h4-7,19-23,28,41H,8-18H2,1-3H3,(H2,42,43,44,49);3H,1-2H2,(H,6,7);2H,1H3;1H4. The molecule has 4 aromatic rings. The lowest BCUT2D eigenvalue weighted by molar-refractivity contribution is -0.156. The molecule has 0 saturated carbocycles. The number of aromatic amines is 1. The number of halogens is 2. The zero-order chi connectivity index (χ0) is 43.8. The number of ether oxygens (including phenoxy) is 2. The minimum absolute atomic E-state index is 0. The number of fused-ring (bicyclic) bond motifs is 1. The molecule has 0 spiro atoms. The molecule has 5 N–H and O–H groups in total. The maximum atomic E-state index is 13.9. The number of aromatic nitrogens is 2. The van der Waals surface area contributed by atoms with Gasteiger partial charge in [-0.2, -0.15) is 5.10 Å². The van der Waals surface area contributed by atoms with Gasteiger partial charge in [0.2, 0.25) is 5.91 Å². The number of H-pyrrole nitrogens is 1. The Bertz CT molecular complexity index is 2070. The van der Waals surface area contributed by atoms with Crippen molar-refractivity contribution in [3.05, 3.63) is 82.9 Å². The van der Waals surface area contributed by atoms with Gasteiger partial charge >= 0.3 is 11.9 Å². The van der Waals surface area contributed by atoms with E-state index in [9.17, 15) is 32.8 Å². The summed E-state index contributed by atoms with van der Waals surface area (Å²) >= 11 is 0. The number of piperazine rings is 1. The Morgan fingerprint density at radius 1 is 0.918 bits per heavy atom. The summed E-state index contributed by atoms with van der Waals surface area (Å²) in [6.45, 7) is 8.90. The molecule has 2 amide bonds. The number of aliphatic hydroxyl groups is 1. The molecule has 2 aliphatic heterocycles. The first-order chi connectivity index (χ1) is 28.7. The molecule has 2 saturated heterocycles. The maximum Gasteiger partial charge on any atom is 0.306 e. The third-order valence-corrected chi connectivity index (χ3v) is 9.46. The van der Waals surface area contributed by atoms with Crippen molar-refractivity contribution >= 4 is 58.1 Å². The molecule has 0 aliphatic carbocycles. The summed E-state index contributed by atoms with van der Waals surface area (Å²) in [5.41, 5.74) is 3.47. The van der Waals surface area contributed by atoms with E-state index >= 15 is 0 Å². The van der Waals surface area contributed by atoms with Gasteiger partial charge in [-0.25, -0.2) is 8.78 Å². The molecule has 2 aliphatic rings. The molecule has 0 atom stereocenters. The third kappa shape index (κ3) is 15.6. The summed E-state index contributed by atoms with van der Waals surface area (Å²) in [5.74, 6) is -2.65. The molecule has 3 heterocycles. The van der Waals surface area contributed by atoms with E-state index in [0.717, 1.165) is 37.3 Å². The Morgan fingerprint density at radius 2 is 1.59 bits per heavy atom. The lowest BCUT2D eigenvalue weighted by Gasteiger charge is -2.36. The number of nitrogens with zero attached hydrogens (tertiary/aromatic N) is 3. The van der Waals surface area contributed by atoms with E-state index in [-0.39, 0.29) is 56.9 Å². The van der Waals surface area contributed by atoms with Crippen LogP contribution in [0.15, 0.2) is 54.6 Å². The topological polar surface area (TPSA) is 203 Å². The number of carbonyl (C=O) groups excluding carboxylic acids is 4. The number of esters is 1. The lowest BCUT2D eigenvalue weighted by Crippen LogP contribution is -2.49. The van der Waals surface area contributed by atoms with Crippen LogP contribution in [-0.2, 0) is 35.1 Å². The highest BCUT2D eigenvalue weighted by molar-refractivity contribution is 6.11. The smallest absolute Gasteiger partial charge is 0.306 e. The molecule has 61 heavy (non-hydrogen) atoms. The van der Waals surface area contributed by atoms with E-state index < -0.39 is 23.2 Å². The zero-order valence-electron chi connectivity index (χ0n) is 34.4. The fourth-order valence-electron chi connectivity index (χ4n) is 6.65. The summed E-state index contributed by atoms with van der Waals surface area (Å²) in [4.78, 5) is 61.8. The molecule has 0 unspecified atom stereocenters. The van der Waals surface area contributed by atoms with E-state index in [2.05, 4.69) is 25.7 Å². The van der Waals surface area contributed by atoms with Crippen molar-refractivity contribution in [3.8, 4) is 0 Å². The quantitative estimate of drug-likeness (QED) is 0.0739. The van der Waals surface area contributed by atoms with Gasteiger partial charge in [0, 0.05) is 88.2 Å². The Hall–Kier alpha value is -5.94. The molecular weight excluding hydrogens is 795 g/mol. The molecular formula is C44H58F2N6O9. The first kappa shape index (κ1) is 49.4. The molecule has 1 aromatic heterocycles. The maximum absolute atomic E-state index is 13.9. The SMILES string of the molecule is C.CC(C)(C)OC(=O)CCC(=O)N1CCN(c2ccc(C(=O)Nc3n[nH]c4ccc(Cc5cc(F)cc(F)c5)cc34)c(NC3CCOCC3)c2)CC1.CO.O=CCCC(=O)O. The van der Waals surface area contributed by atoms with Gasteiger partial charge in [-0.3, -0.25) is 24.3 Å². The highest BCUT2D eigenvalue weighted by atomic mass is 19.1. The fraction of sp³-hybridized carbons (Fsp3) is 0.455. The number of carboxylic acid groups (broad SMARTS) is 1. The predicted octanol–water partition coefficient (Wildman–Crippen LogP) is 6.34. The average molecular weight is 853 g/mol.